The van der Waals surface area contributed by atoms with E-state index in [9.17, 15) is 18.3 Å². The van der Waals surface area contributed by atoms with E-state index in [0.717, 1.165) is 23.7 Å². The Bertz CT molecular complexity index is 1070. The van der Waals surface area contributed by atoms with E-state index in [2.05, 4.69) is 26.5 Å². The molecule has 0 aromatic heterocycles. The van der Waals surface area contributed by atoms with Crippen LogP contribution in [0.15, 0.2) is 56.9 Å². The van der Waals surface area contributed by atoms with Gasteiger partial charge in [0.25, 0.3) is 5.91 Å². The molecular formula is C22H26BrN3O5S. The molecule has 32 heavy (non-hydrogen) atoms. The van der Waals surface area contributed by atoms with Crippen LogP contribution in [-0.4, -0.2) is 49.6 Å². The van der Waals surface area contributed by atoms with Crippen LogP contribution in [0, 0.1) is 0 Å². The number of phenols is 1. The molecule has 1 amide bonds. The van der Waals surface area contributed by atoms with Gasteiger partial charge in [-0.2, -0.15) is 9.41 Å². The van der Waals surface area contributed by atoms with Crippen molar-refractivity contribution in [3.05, 3.63) is 52.5 Å². The highest BCUT2D eigenvalue weighted by atomic mass is 79.9. The fourth-order valence-corrected chi connectivity index (χ4v) is 5.59. The number of sulfonamides is 1. The Morgan fingerprint density at radius 2 is 1.91 bits per heavy atom. The number of halogens is 1. The molecular weight excluding hydrogens is 498 g/mol. The minimum Gasteiger partial charge on any atom is -0.504 e. The minimum absolute atomic E-state index is 0.102. The lowest BCUT2D eigenvalue weighted by Crippen LogP contribution is -2.46. The Kier molecular flexibility index (Phi) is 8.27. The van der Waals surface area contributed by atoms with Gasteiger partial charge in [-0.05, 0) is 49.2 Å². The van der Waals surface area contributed by atoms with Crippen LogP contribution in [0.25, 0.3) is 0 Å². The molecule has 0 radical (unpaired) electrons. The second-order valence-electron chi connectivity index (χ2n) is 7.49. The van der Waals surface area contributed by atoms with E-state index in [0.29, 0.717) is 18.4 Å². The highest BCUT2D eigenvalue weighted by Gasteiger charge is 2.33. The van der Waals surface area contributed by atoms with E-state index in [1.165, 1.54) is 29.8 Å². The van der Waals surface area contributed by atoms with Crippen LogP contribution in [0.4, 0.5) is 0 Å². The summed E-state index contributed by atoms with van der Waals surface area (Å²) in [4.78, 5) is 12.7. The van der Waals surface area contributed by atoms with Crippen LogP contribution in [0.5, 0.6) is 11.5 Å². The number of nitrogens with zero attached hydrogens (tertiary/aromatic N) is 2. The third-order valence-electron chi connectivity index (χ3n) is 5.34. The zero-order chi connectivity index (χ0) is 23.1. The molecule has 1 saturated carbocycles. The zero-order valence-electron chi connectivity index (χ0n) is 17.7. The zero-order valence-corrected chi connectivity index (χ0v) is 20.1. The number of amides is 1. The van der Waals surface area contributed by atoms with Gasteiger partial charge in [-0.1, -0.05) is 41.3 Å². The van der Waals surface area contributed by atoms with Crippen LogP contribution >= 0.6 is 15.9 Å². The van der Waals surface area contributed by atoms with Crippen molar-refractivity contribution in [1.82, 2.24) is 9.73 Å². The van der Waals surface area contributed by atoms with Gasteiger partial charge in [-0.15, -0.1) is 0 Å². The Labute approximate surface area is 196 Å². The van der Waals surface area contributed by atoms with Crippen molar-refractivity contribution < 1.29 is 23.1 Å². The van der Waals surface area contributed by atoms with Gasteiger partial charge in [0.1, 0.15) is 0 Å². The van der Waals surface area contributed by atoms with Gasteiger partial charge < -0.3 is 9.84 Å². The summed E-state index contributed by atoms with van der Waals surface area (Å²) in [6.07, 6.45) is 5.61. The maximum Gasteiger partial charge on any atom is 0.255 e. The molecule has 2 N–H and O–H groups in total. The first-order chi connectivity index (χ1) is 15.3. The van der Waals surface area contributed by atoms with E-state index in [1.807, 2.05) is 0 Å². The highest BCUT2D eigenvalue weighted by Crippen LogP contribution is 2.29. The number of rotatable bonds is 8. The second kappa shape index (κ2) is 10.9. The molecule has 1 aliphatic rings. The van der Waals surface area contributed by atoms with Gasteiger partial charge in [0.15, 0.2) is 11.5 Å². The Balaban J connectivity index is 1.76. The smallest absolute Gasteiger partial charge is 0.255 e. The SMILES string of the molecule is COc1cccc(/C=N\NC(=O)CN(C2CCCCC2)S(=O)(=O)c2ccc(Br)cc2)c1O. The molecule has 2 aromatic carbocycles. The van der Waals surface area contributed by atoms with E-state index < -0.39 is 15.9 Å². The standard InChI is InChI=1S/C22H26BrN3O5S/c1-31-20-9-5-6-16(22(20)28)14-24-25-21(27)15-26(18-7-3-2-4-8-18)32(29,30)19-12-10-17(23)11-13-19/h5-6,9-14,18,28H,2-4,7-8,15H2,1H3,(H,25,27)/b24-14-. The fourth-order valence-electron chi connectivity index (χ4n) is 3.68. The Morgan fingerprint density at radius 3 is 2.56 bits per heavy atom. The second-order valence-corrected chi connectivity index (χ2v) is 10.3. The summed E-state index contributed by atoms with van der Waals surface area (Å²) in [5.41, 5.74) is 2.72. The highest BCUT2D eigenvalue weighted by molar-refractivity contribution is 9.10. The Morgan fingerprint density at radius 1 is 1.22 bits per heavy atom. The number of carbonyl (C=O) groups is 1. The fraction of sp³-hybridized carbons (Fsp3) is 0.364. The average Bonchev–Trinajstić information content (AvgIpc) is 2.79. The quantitative estimate of drug-likeness (QED) is 0.405. The number of benzene rings is 2. The third-order valence-corrected chi connectivity index (χ3v) is 7.79. The molecule has 0 saturated heterocycles. The van der Waals surface area contributed by atoms with Gasteiger partial charge in [0.05, 0.1) is 24.8 Å². The number of hydrogen-bond donors (Lipinski definition) is 2. The molecule has 10 heteroatoms. The van der Waals surface area contributed by atoms with Crippen molar-refractivity contribution in [3.8, 4) is 11.5 Å². The predicted molar refractivity (Wildman–Crippen MR) is 125 cm³/mol. The van der Waals surface area contributed by atoms with E-state index in [4.69, 9.17) is 4.74 Å². The number of nitrogens with one attached hydrogen (secondary N) is 1. The van der Waals surface area contributed by atoms with Crippen molar-refractivity contribution in [2.45, 2.75) is 43.0 Å². The molecule has 1 fully saturated rings. The van der Waals surface area contributed by atoms with Crippen molar-refractivity contribution in [1.29, 1.82) is 0 Å². The number of aromatic hydroxyl groups is 1. The number of hydrazone groups is 1. The summed E-state index contributed by atoms with van der Waals surface area (Å²) in [6, 6.07) is 11.0. The molecule has 0 atom stereocenters. The van der Waals surface area contributed by atoms with Crippen LogP contribution < -0.4 is 10.2 Å². The first-order valence-corrected chi connectivity index (χ1v) is 12.5. The number of carbonyl (C=O) groups excluding carboxylic acids is 1. The maximum absolute atomic E-state index is 13.3. The summed E-state index contributed by atoms with van der Waals surface area (Å²) < 4.78 is 33.8. The molecule has 172 valence electrons. The Hall–Kier alpha value is -2.43. The summed E-state index contributed by atoms with van der Waals surface area (Å²) in [6.45, 7) is -0.343. The van der Waals surface area contributed by atoms with Gasteiger partial charge >= 0.3 is 0 Å². The molecule has 0 heterocycles. The topological polar surface area (TPSA) is 108 Å². The third kappa shape index (κ3) is 5.87. The first kappa shape index (κ1) is 24.2. The number of phenolic OH excluding ortho intramolecular Hbond substituents is 1. The summed E-state index contributed by atoms with van der Waals surface area (Å²) in [5.74, 6) is -0.381. The number of ether oxygens (including phenoxy) is 1. The molecule has 1 aliphatic carbocycles. The normalized spacial score (nSPS) is 15.2. The van der Waals surface area contributed by atoms with E-state index in [-0.39, 0.29) is 29.0 Å². The van der Waals surface area contributed by atoms with Crippen molar-refractivity contribution >= 4 is 38.1 Å². The summed E-state index contributed by atoms with van der Waals surface area (Å²) in [5, 5.41) is 14.0. The van der Waals surface area contributed by atoms with Crippen LogP contribution in [0.2, 0.25) is 0 Å². The summed E-state index contributed by atoms with van der Waals surface area (Å²) >= 11 is 3.31. The molecule has 2 aromatic rings. The number of hydrogen-bond acceptors (Lipinski definition) is 6. The van der Waals surface area contributed by atoms with E-state index in [1.54, 1.807) is 30.3 Å². The van der Waals surface area contributed by atoms with Crippen molar-refractivity contribution in [2.24, 2.45) is 5.10 Å². The molecule has 0 aliphatic heterocycles. The lowest BCUT2D eigenvalue weighted by Gasteiger charge is -2.32. The van der Waals surface area contributed by atoms with Gasteiger partial charge in [0.2, 0.25) is 10.0 Å². The molecule has 0 unspecified atom stereocenters. The van der Waals surface area contributed by atoms with Crippen LogP contribution in [0.3, 0.4) is 0 Å². The van der Waals surface area contributed by atoms with Gasteiger partial charge in [0, 0.05) is 16.1 Å². The maximum atomic E-state index is 13.3. The molecule has 3 rings (SSSR count). The largest absolute Gasteiger partial charge is 0.504 e. The predicted octanol–water partition coefficient (Wildman–Crippen LogP) is 3.64. The van der Waals surface area contributed by atoms with E-state index >= 15 is 0 Å². The first-order valence-electron chi connectivity index (χ1n) is 10.3. The van der Waals surface area contributed by atoms with Crippen molar-refractivity contribution in [3.63, 3.8) is 0 Å². The summed E-state index contributed by atoms with van der Waals surface area (Å²) in [7, 11) is -2.43. The molecule has 0 spiro atoms. The number of para-hydroxylation sites is 1. The lowest BCUT2D eigenvalue weighted by molar-refractivity contribution is -0.121. The minimum atomic E-state index is -3.86. The van der Waals surface area contributed by atoms with Crippen molar-refractivity contribution in [2.75, 3.05) is 13.7 Å². The molecule has 8 nitrogen and oxygen atoms in total. The average molecular weight is 524 g/mol. The monoisotopic (exact) mass is 523 g/mol. The lowest BCUT2D eigenvalue weighted by atomic mass is 9.95. The van der Waals surface area contributed by atoms with Crippen LogP contribution in [-0.2, 0) is 14.8 Å². The van der Waals surface area contributed by atoms with Gasteiger partial charge in [-0.25, -0.2) is 13.8 Å². The van der Waals surface area contributed by atoms with Crippen LogP contribution in [0.1, 0.15) is 37.7 Å². The number of methoxy groups -OCH3 is 1. The molecule has 0 bridgehead atoms. The van der Waals surface area contributed by atoms with Gasteiger partial charge in [-0.3, -0.25) is 4.79 Å².